The molecule has 0 saturated carbocycles. The Labute approximate surface area is 99.1 Å². The van der Waals surface area contributed by atoms with E-state index in [2.05, 4.69) is 11.8 Å². The molecule has 1 rings (SSSR count). The van der Waals surface area contributed by atoms with Gasteiger partial charge in [-0.05, 0) is 25.3 Å². The second-order valence-corrected chi connectivity index (χ2v) is 4.72. The zero-order valence-electron chi connectivity index (χ0n) is 10.8. The van der Waals surface area contributed by atoms with Gasteiger partial charge in [-0.3, -0.25) is 0 Å². The van der Waals surface area contributed by atoms with Crippen molar-refractivity contribution in [1.82, 2.24) is 4.90 Å². The fourth-order valence-electron chi connectivity index (χ4n) is 2.27. The Morgan fingerprint density at radius 2 is 2.19 bits per heavy atom. The van der Waals surface area contributed by atoms with Crippen LogP contribution in [0.25, 0.3) is 0 Å². The smallest absolute Gasteiger partial charge is 0.0724 e. The average molecular weight is 230 g/mol. The Morgan fingerprint density at radius 1 is 1.44 bits per heavy atom. The summed E-state index contributed by atoms with van der Waals surface area (Å²) in [7, 11) is 3.54. The molecule has 0 aromatic heterocycles. The van der Waals surface area contributed by atoms with Crippen LogP contribution in [0.2, 0.25) is 0 Å². The minimum Gasteiger partial charge on any atom is -0.380 e. The lowest BCUT2D eigenvalue weighted by Crippen LogP contribution is -2.45. The molecule has 1 fully saturated rings. The van der Waals surface area contributed by atoms with Crippen LogP contribution in [-0.2, 0) is 9.47 Å². The van der Waals surface area contributed by atoms with Crippen molar-refractivity contribution in [3.05, 3.63) is 0 Å². The van der Waals surface area contributed by atoms with Crippen molar-refractivity contribution in [3.8, 4) is 0 Å². The summed E-state index contributed by atoms with van der Waals surface area (Å²) in [6, 6.07) is 0. The Balaban J connectivity index is 2.27. The molecule has 0 aromatic rings. The summed E-state index contributed by atoms with van der Waals surface area (Å²) < 4.78 is 10.8. The van der Waals surface area contributed by atoms with Crippen LogP contribution in [0, 0.1) is 5.92 Å². The highest BCUT2D eigenvalue weighted by Gasteiger charge is 2.25. The predicted octanol–water partition coefficient (Wildman–Crippen LogP) is 0.707. The molecule has 1 saturated heterocycles. The number of hydrogen-bond acceptors (Lipinski definition) is 4. The van der Waals surface area contributed by atoms with Crippen LogP contribution >= 0.6 is 0 Å². The van der Waals surface area contributed by atoms with Gasteiger partial charge in [0.15, 0.2) is 0 Å². The second kappa shape index (κ2) is 7.22. The molecule has 3 atom stereocenters. The van der Waals surface area contributed by atoms with Gasteiger partial charge < -0.3 is 20.1 Å². The monoisotopic (exact) mass is 230 g/mol. The molecule has 3 unspecified atom stereocenters. The fraction of sp³-hybridized carbons (Fsp3) is 1.00. The normalized spacial score (nSPS) is 29.2. The molecule has 2 N–H and O–H groups in total. The van der Waals surface area contributed by atoms with Crippen molar-refractivity contribution in [2.75, 3.05) is 40.4 Å². The van der Waals surface area contributed by atoms with E-state index in [4.69, 9.17) is 15.2 Å². The first kappa shape index (κ1) is 13.9. The van der Waals surface area contributed by atoms with Crippen molar-refractivity contribution in [2.45, 2.75) is 32.0 Å². The average Bonchev–Trinajstić information content (AvgIpc) is 2.32. The molecule has 0 radical (unpaired) electrons. The Morgan fingerprint density at radius 3 is 2.75 bits per heavy atom. The number of hydrogen-bond donors (Lipinski definition) is 1. The van der Waals surface area contributed by atoms with E-state index >= 15 is 0 Å². The van der Waals surface area contributed by atoms with Crippen LogP contribution in [0.3, 0.4) is 0 Å². The van der Waals surface area contributed by atoms with Crippen LogP contribution in [0.5, 0.6) is 0 Å². The van der Waals surface area contributed by atoms with Gasteiger partial charge in [0.25, 0.3) is 0 Å². The van der Waals surface area contributed by atoms with Gasteiger partial charge in [0, 0.05) is 33.9 Å². The van der Waals surface area contributed by atoms with Gasteiger partial charge in [0.2, 0.25) is 0 Å². The minimum absolute atomic E-state index is 0.195. The maximum absolute atomic E-state index is 5.61. The lowest BCUT2D eigenvalue weighted by molar-refractivity contribution is -0.0101. The molecule has 4 nitrogen and oxygen atoms in total. The summed E-state index contributed by atoms with van der Waals surface area (Å²) in [4.78, 5) is 2.45. The highest BCUT2D eigenvalue weighted by Crippen LogP contribution is 2.19. The van der Waals surface area contributed by atoms with Gasteiger partial charge in [0.1, 0.15) is 0 Å². The number of likely N-dealkylation sites (tertiary alicyclic amines) is 1. The molecule has 0 aromatic carbocycles. The Kier molecular flexibility index (Phi) is 6.28. The topological polar surface area (TPSA) is 47.7 Å². The number of methoxy groups -OCH3 is 2. The van der Waals surface area contributed by atoms with Crippen LogP contribution in [0.15, 0.2) is 0 Å². The zero-order chi connectivity index (χ0) is 12.0. The molecule has 96 valence electrons. The SMILES string of the molecule is COC(CN)CCN1CCC(C)C(OC)C1. The first-order valence-corrected chi connectivity index (χ1v) is 6.19. The van der Waals surface area contributed by atoms with E-state index in [1.807, 2.05) is 7.11 Å². The third kappa shape index (κ3) is 4.01. The fourth-order valence-corrected chi connectivity index (χ4v) is 2.27. The van der Waals surface area contributed by atoms with Crippen LogP contribution in [-0.4, -0.2) is 57.5 Å². The van der Waals surface area contributed by atoms with Crippen molar-refractivity contribution < 1.29 is 9.47 Å². The summed E-state index contributed by atoms with van der Waals surface area (Å²) in [5.41, 5.74) is 5.61. The van der Waals surface area contributed by atoms with Gasteiger partial charge >= 0.3 is 0 Å². The number of nitrogens with two attached hydrogens (primary N) is 1. The van der Waals surface area contributed by atoms with Crippen molar-refractivity contribution in [3.63, 3.8) is 0 Å². The standard InChI is InChI=1S/C12H26N2O2/c1-10-4-6-14(9-12(10)16-3)7-5-11(8-13)15-2/h10-12H,4-9,13H2,1-3H3. The zero-order valence-corrected chi connectivity index (χ0v) is 10.8. The van der Waals surface area contributed by atoms with E-state index in [0.717, 1.165) is 19.5 Å². The van der Waals surface area contributed by atoms with Crippen molar-refractivity contribution >= 4 is 0 Å². The number of piperidine rings is 1. The second-order valence-electron chi connectivity index (χ2n) is 4.72. The van der Waals surface area contributed by atoms with E-state index in [-0.39, 0.29) is 6.10 Å². The molecular weight excluding hydrogens is 204 g/mol. The molecule has 0 bridgehead atoms. The third-order valence-electron chi connectivity index (χ3n) is 3.64. The van der Waals surface area contributed by atoms with Gasteiger partial charge in [-0.1, -0.05) is 6.92 Å². The highest BCUT2D eigenvalue weighted by atomic mass is 16.5. The van der Waals surface area contributed by atoms with Gasteiger partial charge in [-0.25, -0.2) is 0 Å². The predicted molar refractivity (Wildman–Crippen MR) is 65.5 cm³/mol. The summed E-state index contributed by atoms with van der Waals surface area (Å²) in [5, 5.41) is 0. The maximum atomic E-state index is 5.61. The molecular formula is C12H26N2O2. The molecule has 1 heterocycles. The number of rotatable bonds is 6. The minimum atomic E-state index is 0.195. The van der Waals surface area contributed by atoms with E-state index < -0.39 is 0 Å². The highest BCUT2D eigenvalue weighted by molar-refractivity contribution is 4.79. The number of nitrogens with zero attached hydrogens (tertiary/aromatic N) is 1. The number of ether oxygens (including phenoxy) is 2. The van der Waals surface area contributed by atoms with Gasteiger partial charge in [-0.2, -0.15) is 0 Å². The summed E-state index contributed by atoms with van der Waals surface area (Å²) >= 11 is 0. The van der Waals surface area contributed by atoms with Crippen molar-refractivity contribution in [1.29, 1.82) is 0 Å². The van der Waals surface area contributed by atoms with E-state index in [0.29, 0.717) is 18.6 Å². The molecule has 4 heteroatoms. The van der Waals surface area contributed by atoms with Crippen molar-refractivity contribution in [2.24, 2.45) is 11.7 Å². The largest absolute Gasteiger partial charge is 0.380 e. The molecule has 16 heavy (non-hydrogen) atoms. The quantitative estimate of drug-likeness (QED) is 0.730. The molecule has 0 aliphatic carbocycles. The van der Waals surface area contributed by atoms with Crippen LogP contribution in [0.1, 0.15) is 19.8 Å². The third-order valence-corrected chi connectivity index (χ3v) is 3.64. The lowest BCUT2D eigenvalue weighted by atomic mass is 9.95. The summed E-state index contributed by atoms with van der Waals surface area (Å²) in [6.07, 6.45) is 2.81. The van der Waals surface area contributed by atoms with E-state index in [9.17, 15) is 0 Å². The van der Waals surface area contributed by atoms with Crippen LogP contribution < -0.4 is 5.73 Å². The van der Waals surface area contributed by atoms with E-state index in [1.54, 1.807) is 7.11 Å². The Bertz CT molecular complexity index is 186. The van der Waals surface area contributed by atoms with E-state index in [1.165, 1.54) is 13.0 Å². The summed E-state index contributed by atoms with van der Waals surface area (Å²) in [5.74, 6) is 0.675. The summed E-state index contributed by atoms with van der Waals surface area (Å²) in [6.45, 7) is 6.14. The first-order chi connectivity index (χ1) is 7.71. The molecule has 1 aliphatic rings. The molecule has 1 aliphatic heterocycles. The Hall–Kier alpha value is -0.160. The lowest BCUT2D eigenvalue weighted by Gasteiger charge is -2.36. The maximum Gasteiger partial charge on any atom is 0.0724 e. The van der Waals surface area contributed by atoms with Crippen LogP contribution in [0.4, 0.5) is 0 Å². The molecule has 0 spiro atoms. The van der Waals surface area contributed by atoms with Gasteiger partial charge in [-0.15, -0.1) is 0 Å². The molecule has 0 amide bonds. The van der Waals surface area contributed by atoms with Gasteiger partial charge in [0.05, 0.1) is 12.2 Å². The first-order valence-electron chi connectivity index (χ1n) is 6.19.